The minimum absolute atomic E-state index is 0.0904. The van der Waals surface area contributed by atoms with Crippen LogP contribution in [-0.4, -0.2) is 32.0 Å². The predicted molar refractivity (Wildman–Crippen MR) is 86.1 cm³/mol. The Bertz CT molecular complexity index is 699. The van der Waals surface area contributed by atoms with Crippen LogP contribution in [0.1, 0.15) is 18.5 Å². The predicted octanol–water partition coefficient (Wildman–Crippen LogP) is 2.68. The van der Waals surface area contributed by atoms with Gasteiger partial charge in [0.2, 0.25) is 6.41 Å². The van der Waals surface area contributed by atoms with Crippen LogP contribution in [-0.2, 0) is 14.6 Å². The van der Waals surface area contributed by atoms with E-state index in [1.165, 1.54) is 4.90 Å². The number of carbonyl (C=O) groups excluding carboxylic acids is 1. The van der Waals surface area contributed by atoms with Gasteiger partial charge in [-0.2, -0.15) is 0 Å². The molecule has 0 spiro atoms. The minimum atomic E-state index is -3.38. The Balaban J connectivity index is 2.07. The average Bonchev–Trinajstić information content (AvgIpc) is 2.57. The number of benzene rings is 2. The fraction of sp³-hybridized carbons (Fsp3) is 0.235. The number of amides is 1. The van der Waals surface area contributed by atoms with E-state index < -0.39 is 9.84 Å². The highest BCUT2D eigenvalue weighted by atomic mass is 32.2. The molecule has 0 aliphatic heterocycles. The van der Waals surface area contributed by atoms with Gasteiger partial charge in [0.1, 0.15) is 0 Å². The molecule has 0 saturated heterocycles. The molecule has 0 aliphatic rings. The Kier molecular flexibility index (Phi) is 5.33. The van der Waals surface area contributed by atoms with Gasteiger partial charge in [0.15, 0.2) is 9.84 Å². The lowest BCUT2D eigenvalue weighted by molar-refractivity contribution is -0.119. The minimum Gasteiger partial charge on any atom is -0.337 e. The van der Waals surface area contributed by atoms with Gasteiger partial charge in [0.25, 0.3) is 0 Å². The molecule has 0 bridgehead atoms. The van der Waals surface area contributed by atoms with Crippen molar-refractivity contribution >= 4 is 16.2 Å². The van der Waals surface area contributed by atoms with Crippen molar-refractivity contribution in [2.45, 2.75) is 17.9 Å². The summed E-state index contributed by atoms with van der Waals surface area (Å²) in [6.07, 6.45) is 0.707. The maximum absolute atomic E-state index is 12.3. The van der Waals surface area contributed by atoms with E-state index in [4.69, 9.17) is 0 Å². The van der Waals surface area contributed by atoms with Crippen LogP contribution in [0.25, 0.3) is 0 Å². The van der Waals surface area contributed by atoms with Crippen molar-refractivity contribution in [1.29, 1.82) is 0 Å². The molecule has 0 aromatic heterocycles. The fourth-order valence-electron chi connectivity index (χ4n) is 2.23. The molecule has 1 atom stereocenters. The first-order valence-corrected chi connectivity index (χ1v) is 8.73. The lowest BCUT2D eigenvalue weighted by Crippen LogP contribution is -2.30. The van der Waals surface area contributed by atoms with E-state index in [-0.39, 0.29) is 23.2 Å². The Morgan fingerprint density at radius 3 is 2.09 bits per heavy atom. The van der Waals surface area contributed by atoms with Gasteiger partial charge in [-0.15, -0.1) is 0 Å². The number of hydrogen-bond acceptors (Lipinski definition) is 3. The molecular formula is C17H19NO3S. The quantitative estimate of drug-likeness (QED) is 0.738. The van der Waals surface area contributed by atoms with Crippen molar-refractivity contribution in [3.63, 3.8) is 0 Å². The van der Waals surface area contributed by atoms with Crippen molar-refractivity contribution < 1.29 is 13.2 Å². The number of carbonyl (C=O) groups is 1. The molecule has 2 rings (SSSR count). The fourth-order valence-corrected chi connectivity index (χ4v) is 3.49. The van der Waals surface area contributed by atoms with E-state index in [0.29, 0.717) is 6.41 Å². The first-order chi connectivity index (χ1) is 10.5. The third kappa shape index (κ3) is 3.95. The summed E-state index contributed by atoms with van der Waals surface area (Å²) in [5.41, 5.74) is 0.978. The van der Waals surface area contributed by atoms with Gasteiger partial charge in [0, 0.05) is 6.54 Å². The molecular weight excluding hydrogens is 298 g/mol. The lowest BCUT2D eigenvalue weighted by Gasteiger charge is -2.25. The van der Waals surface area contributed by atoms with Gasteiger partial charge in [-0.05, 0) is 24.6 Å². The zero-order chi connectivity index (χ0) is 16.0. The third-order valence-corrected chi connectivity index (χ3v) is 5.35. The van der Waals surface area contributed by atoms with Gasteiger partial charge in [-0.1, -0.05) is 48.5 Å². The summed E-state index contributed by atoms with van der Waals surface area (Å²) in [6, 6.07) is 17.7. The van der Waals surface area contributed by atoms with Crippen LogP contribution >= 0.6 is 0 Å². The highest BCUT2D eigenvalue weighted by Crippen LogP contribution is 2.19. The monoisotopic (exact) mass is 317 g/mol. The number of hydrogen-bond donors (Lipinski definition) is 0. The number of sulfone groups is 1. The second-order valence-electron chi connectivity index (χ2n) is 5.06. The van der Waals surface area contributed by atoms with E-state index in [0.717, 1.165) is 5.56 Å². The molecule has 116 valence electrons. The molecule has 0 radical (unpaired) electrons. The SMILES string of the molecule is C[C@@H](c1ccccc1)N(C=O)CCS(=O)(=O)c1ccccc1. The summed E-state index contributed by atoms with van der Waals surface area (Å²) in [5, 5.41) is 0. The van der Waals surface area contributed by atoms with Crippen LogP contribution < -0.4 is 0 Å². The van der Waals surface area contributed by atoms with E-state index in [1.54, 1.807) is 30.3 Å². The molecule has 2 aromatic carbocycles. The molecule has 4 nitrogen and oxygen atoms in total. The van der Waals surface area contributed by atoms with Crippen molar-refractivity contribution in [1.82, 2.24) is 4.90 Å². The largest absolute Gasteiger partial charge is 0.337 e. The third-order valence-electron chi connectivity index (χ3n) is 3.64. The summed E-state index contributed by atoms with van der Waals surface area (Å²) in [6.45, 7) is 2.05. The van der Waals surface area contributed by atoms with Crippen LogP contribution in [0.2, 0.25) is 0 Å². The smallest absolute Gasteiger partial charge is 0.210 e. The maximum atomic E-state index is 12.3. The summed E-state index contributed by atoms with van der Waals surface area (Å²) < 4.78 is 24.5. The molecule has 5 heteroatoms. The van der Waals surface area contributed by atoms with Crippen LogP contribution in [0.3, 0.4) is 0 Å². The molecule has 22 heavy (non-hydrogen) atoms. The highest BCUT2D eigenvalue weighted by molar-refractivity contribution is 7.91. The normalized spacial score (nSPS) is 12.6. The Morgan fingerprint density at radius 1 is 1.00 bits per heavy atom. The molecule has 1 amide bonds. The Morgan fingerprint density at radius 2 is 1.55 bits per heavy atom. The number of nitrogens with zero attached hydrogens (tertiary/aromatic N) is 1. The van der Waals surface area contributed by atoms with E-state index >= 15 is 0 Å². The molecule has 0 N–H and O–H groups in total. The van der Waals surface area contributed by atoms with E-state index in [9.17, 15) is 13.2 Å². The first-order valence-electron chi connectivity index (χ1n) is 7.08. The van der Waals surface area contributed by atoms with Gasteiger partial charge >= 0.3 is 0 Å². The summed E-state index contributed by atoms with van der Waals surface area (Å²) >= 11 is 0. The lowest BCUT2D eigenvalue weighted by atomic mass is 10.1. The van der Waals surface area contributed by atoms with E-state index in [2.05, 4.69) is 0 Å². The standard InChI is InChI=1S/C17H19NO3S/c1-15(16-8-4-2-5-9-16)18(14-19)12-13-22(20,21)17-10-6-3-7-11-17/h2-11,14-15H,12-13H2,1H3/t15-/m0/s1. The second kappa shape index (κ2) is 7.22. The average molecular weight is 317 g/mol. The van der Waals surface area contributed by atoms with Crippen LogP contribution in [0.5, 0.6) is 0 Å². The summed E-state index contributed by atoms with van der Waals surface area (Å²) in [5.74, 6) is -0.0904. The van der Waals surface area contributed by atoms with E-state index in [1.807, 2.05) is 37.3 Å². The molecule has 0 aliphatic carbocycles. The zero-order valence-corrected chi connectivity index (χ0v) is 13.2. The Hall–Kier alpha value is -2.14. The second-order valence-corrected chi connectivity index (χ2v) is 7.17. The van der Waals surface area contributed by atoms with Gasteiger partial charge < -0.3 is 4.90 Å². The van der Waals surface area contributed by atoms with Crippen molar-refractivity contribution in [3.8, 4) is 0 Å². The summed E-state index contributed by atoms with van der Waals surface area (Å²) in [7, 11) is -3.38. The Labute approximate surface area is 131 Å². The highest BCUT2D eigenvalue weighted by Gasteiger charge is 2.19. The van der Waals surface area contributed by atoms with Gasteiger partial charge in [0.05, 0.1) is 16.7 Å². The number of rotatable bonds is 7. The maximum Gasteiger partial charge on any atom is 0.210 e. The molecule has 0 unspecified atom stereocenters. The van der Waals surface area contributed by atoms with Gasteiger partial charge in [-0.25, -0.2) is 8.42 Å². The molecule has 2 aromatic rings. The van der Waals surface area contributed by atoms with Crippen LogP contribution in [0, 0.1) is 0 Å². The summed E-state index contributed by atoms with van der Waals surface area (Å²) in [4.78, 5) is 13.1. The molecule has 0 fully saturated rings. The molecule has 0 heterocycles. The van der Waals surface area contributed by atoms with Crippen molar-refractivity contribution in [2.24, 2.45) is 0 Å². The first kappa shape index (κ1) is 16.2. The van der Waals surface area contributed by atoms with Crippen molar-refractivity contribution in [2.75, 3.05) is 12.3 Å². The molecule has 0 saturated carbocycles. The van der Waals surface area contributed by atoms with Crippen molar-refractivity contribution in [3.05, 3.63) is 66.2 Å². The zero-order valence-electron chi connectivity index (χ0n) is 12.4. The topological polar surface area (TPSA) is 54.5 Å². The van der Waals surface area contributed by atoms with Crippen LogP contribution in [0.15, 0.2) is 65.6 Å². The van der Waals surface area contributed by atoms with Gasteiger partial charge in [-0.3, -0.25) is 4.79 Å². The van der Waals surface area contributed by atoms with Crippen LogP contribution in [0.4, 0.5) is 0 Å².